The first-order chi connectivity index (χ1) is 9.65. The molecular formula is C14H26N2O4. The number of carbonyl (C=O) groups is 1. The predicted octanol–water partition coefficient (Wildman–Crippen LogP) is -0.247. The van der Waals surface area contributed by atoms with Gasteiger partial charge in [0, 0.05) is 39.2 Å². The summed E-state index contributed by atoms with van der Waals surface area (Å²) in [4.78, 5) is 13.1. The summed E-state index contributed by atoms with van der Waals surface area (Å²) < 4.78 is 10.9. The van der Waals surface area contributed by atoms with E-state index in [-0.39, 0.29) is 18.1 Å². The molecule has 0 saturated carbocycles. The topological polar surface area (TPSA) is 71.0 Å². The Balaban J connectivity index is 1.53. The molecule has 0 aromatic rings. The van der Waals surface area contributed by atoms with Crippen LogP contribution in [0.3, 0.4) is 0 Å². The van der Waals surface area contributed by atoms with Crippen LogP contribution < -0.4 is 5.32 Å². The summed E-state index contributed by atoms with van der Waals surface area (Å²) in [7, 11) is 1.82. The van der Waals surface area contributed by atoms with Crippen LogP contribution in [0.4, 0.5) is 0 Å². The Labute approximate surface area is 120 Å². The number of rotatable bonds is 7. The Morgan fingerprint density at radius 1 is 1.55 bits per heavy atom. The van der Waals surface area contributed by atoms with Gasteiger partial charge in [-0.15, -0.1) is 0 Å². The van der Waals surface area contributed by atoms with Gasteiger partial charge in [0.25, 0.3) is 0 Å². The summed E-state index contributed by atoms with van der Waals surface area (Å²) in [6.07, 6.45) is 3.27. The Hall–Kier alpha value is -0.690. The van der Waals surface area contributed by atoms with Crippen LogP contribution in [0.1, 0.15) is 25.7 Å². The first-order valence-corrected chi connectivity index (χ1v) is 7.50. The van der Waals surface area contributed by atoms with Gasteiger partial charge in [0.1, 0.15) is 0 Å². The lowest BCUT2D eigenvalue weighted by Gasteiger charge is -2.30. The molecule has 6 heteroatoms. The van der Waals surface area contributed by atoms with Crippen molar-refractivity contribution in [2.75, 3.05) is 40.0 Å². The number of amides is 1. The SMILES string of the molecule is CN1CC(NCC(O)COCC2CCCO2)CCC1=O. The van der Waals surface area contributed by atoms with E-state index >= 15 is 0 Å². The quantitative estimate of drug-likeness (QED) is 0.675. The van der Waals surface area contributed by atoms with E-state index in [2.05, 4.69) is 5.32 Å². The lowest BCUT2D eigenvalue weighted by atomic mass is 10.1. The second kappa shape index (κ2) is 7.93. The number of hydrogen-bond acceptors (Lipinski definition) is 5. The van der Waals surface area contributed by atoms with Crippen LogP contribution in [0, 0.1) is 0 Å². The van der Waals surface area contributed by atoms with Gasteiger partial charge < -0.3 is 24.8 Å². The largest absolute Gasteiger partial charge is 0.389 e. The molecule has 2 heterocycles. The van der Waals surface area contributed by atoms with Gasteiger partial charge in [0.15, 0.2) is 0 Å². The molecule has 2 aliphatic heterocycles. The van der Waals surface area contributed by atoms with Gasteiger partial charge in [-0.25, -0.2) is 0 Å². The molecule has 2 fully saturated rings. The molecule has 20 heavy (non-hydrogen) atoms. The zero-order valence-electron chi connectivity index (χ0n) is 12.2. The van der Waals surface area contributed by atoms with Gasteiger partial charge >= 0.3 is 0 Å². The van der Waals surface area contributed by atoms with Gasteiger partial charge in [-0.2, -0.15) is 0 Å². The highest BCUT2D eigenvalue weighted by Gasteiger charge is 2.23. The molecule has 2 aliphatic rings. The molecule has 2 N–H and O–H groups in total. The van der Waals surface area contributed by atoms with Gasteiger partial charge in [0.05, 0.1) is 25.4 Å². The summed E-state index contributed by atoms with van der Waals surface area (Å²) in [5.41, 5.74) is 0. The summed E-state index contributed by atoms with van der Waals surface area (Å²) >= 11 is 0. The molecule has 0 aromatic heterocycles. The van der Waals surface area contributed by atoms with Crippen molar-refractivity contribution in [3.8, 4) is 0 Å². The van der Waals surface area contributed by atoms with Crippen LogP contribution in [0.15, 0.2) is 0 Å². The average Bonchev–Trinajstić information content (AvgIpc) is 2.93. The number of nitrogens with zero attached hydrogens (tertiary/aromatic N) is 1. The Kier molecular flexibility index (Phi) is 6.22. The van der Waals surface area contributed by atoms with E-state index in [0.29, 0.717) is 32.7 Å². The third-order valence-electron chi connectivity index (χ3n) is 3.91. The van der Waals surface area contributed by atoms with Crippen LogP contribution in [-0.4, -0.2) is 74.1 Å². The summed E-state index contributed by atoms with van der Waals surface area (Å²) in [6, 6.07) is 0.269. The fraction of sp³-hybridized carbons (Fsp3) is 0.929. The van der Waals surface area contributed by atoms with Crippen LogP contribution >= 0.6 is 0 Å². The Morgan fingerprint density at radius 2 is 2.40 bits per heavy atom. The lowest BCUT2D eigenvalue weighted by Crippen LogP contribution is -2.48. The number of aliphatic hydroxyl groups is 1. The second-order valence-electron chi connectivity index (χ2n) is 5.74. The number of piperidine rings is 1. The van der Waals surface area contributed by atoms with Crippen molar-refractivity contribution in [1.29, 1.82) is 0 Å². The molecule has 0 aromatic carbocycles. The highest BCUT2D eigenvalue weighted by Crippen LogP contribution is 2.12. The number of nitrogens with one attached hydrogen (secondary N) is 1. The maximum atomic E-state index is 11.4. The van der Waals surface area contributed by atoms with Crippen LogP contribution in [0.25, 0.3) is 0 Å². The molecule has 0 spiro atoms. The zero-order valence-corrected chi connectivity index (χ0v) is 12.2. The number of carbonyl (C=O) groups excluding carboxylic acids is 1. The molecule has 116 valence electrons. The third-order valence-corrected chi connectivity index (χ3v) is 3.91. The van der Waals surface area contributed by atoms with Crippen molar-refractivity contribution in [2.24, 2.45) is 0 Å². The van der Waals surface area contributed by atoms with E-state index in [1.165, 1.54) is 0 Å². The molecule has 2 rings (SSSR count). The molecule has 0 radical (unpaired) electrons. The monoisotopic (exact) mass is 286 g/mol. The van der Waals surface area contributed by atoms with E-state index in [0.717, 1.165) is 25.9 Å². The molecule has 0 aliphatic carbocycles. The van der Waals surface area contributed by atoms with Gasteiger partial charge in [-0.1, -0.05) is 0 Å². The van der Waals surface area contributed by atoms with E-state index in [4.69, 9.17) is 9.47 Å². The fourth-order valence-electron chi connectivity index (χ4n) is 2.65. The standard InChI is InChI=1S/C14H26N2O4/c1-16-8-11(4-5-14(16)18)15-7-12(17)9-19-10-13-3-2-6-20-13/h11-13,15,17H,2-10H2,1H3. The maximum absolute atomic E-state index is 11.4. The first kappa shape index (κ1) is 15.7. The lowest BCUT2D eigenvalue weighted by molar-refractivity contribution is -0.132. The smallest absolute Gasteiger partial charge is 0.222 e. The predicted molar refractivity (Wildman–Crippen MR) is 74.5 cm³/mol. The van der Waals surface area contributed by atoms with Crippen molar-refractivity contribution in [3.63, 3.8) is 0 Å². The number of hydrogen-bond donors (Lipinski definition) is 2. The molecule has 0 bridgehead atoms. The fourth-order valence-corrected chi connectivity index (χ4v) is 2.65. The van der Waals surface area contributed by atoms with Crippen LogP contribution in [-0.2, 0) is 14.3 Å². The van der Waals surface area contributed by atoms with Gasteiger partial charge in [0.2, 0.25) is 5.91 Å². The number of likely N-dealkylation sites (N-methyl/N-ethyl adjacent to an activating group) is 1. The highest BCUT2D eigenvalue weighted by molar-refractivity contribution is 5.76. The summed E-state index contributed by atoms with van der Waals surface area (Å²) in [6.45, 7) is 2.93. The van der Waals surface area contributed by atoms with Crippen molar-refractivity contribution < 1.29 is 19.4 Å². The maximum Gasteiger partial charge on any atom is 0.222 e. The molecular weight excluding hydrogens is 260 g/mol. The molecule has 2 saturated heterocycles. The molecule has 3 unspecified atom stereocenters. The van der Waals surface area contributed by atoms with Crippen molar-refractivity contribution in [1.82, 2.24) is 10.2 Å². The zero-order chi connectivity index (χ0) is 14.4. The summed E-state index contributed by atoms with van der Waals surface area (Å²) in [5.74, 6) is 0.198. The van der Waals surface area contributed by atoms with E-state index in [1.807, 2.05) is 7.05 Å². The molecule has 3 atom stereocenters. The number of ether oxygens (including phenoxy) is 2. The van der Waals surface area contributed by atoms with Crippen molar-refractivity contribution >= 4 is 5.91 Å². The number of aliphatic hydroxyl groups excluding tert-OH is 1. The normalized spacial score (nSPS) is 28.9. The van der Waals surface area contributed by atoms with Crippen LogP contribution in [0.5, 0.6) is 0 Å². The summed E-state index contributed by atoms with van der Waals surface area (Å²) in [5, 5.41) is 13.2. The minimum absolute atomic E-state index is 0.198. The van der Waals surface area contributed by atoms with Crippen molar-refractivity contribution in [2.45, 2.75) is 43.9 Å². The van der Waals surface area contributed by atoms with Crippen molar-refractivity contribution in [3.05, 3.63) is 0 Å². The number of likely N-dealkylation sites (tertiary alicyclic amines) is 1. The van der Waals surface area contributed by atoms with E-state index in [1.54, 1.807) is 4.90 Å². The first-order valence-electron chi connectivity index (χ1n) is 7.50. The second-order valence-corrected chi connectivity index (χ2v) is 5.74. The molecule has 6 nitrogen and oxygen atoms in total. The van der Waals surface area contributed by atoms with Gasteiger partial charge in [-0.05, 0) is 19.3 Å². The Morgan fingerprint density at radius 3 is 3.10 bits per heavy atom. The van der Waals surface area contributed by atoms with Gasteiger partial charge in [-0.3, -0.25) is 4.79 Å². The average molecular weight is 286 g/mol. The Bertz CT molecular complexity index is 308. The van der Waals surface area contributed by atoms with Crippen LogP contribution in [0.2, 0.25) is 0 Å². The molecule has 1 amide bonds. The third kappa shape index (κ3) is 5.01. The van der Waals surface area contributed by atoms with E-state index < -0.39 is 6.10 Å². The highest BCUT2D eigenvalue weighted by atomic mass is 16.5. The minimum atomic E-state index is -0.515. The van der Waals surface area contributed by atoms with E-state index in [9.17, 15) is 9.90 Å². The minimum Gasteiger partial charge on any atom is -0.389 e.